The van der Waals surface area contributed by atoms with Crippen molar-refractivity contribution in [3.63, 3.8) is 0 Å². The van der Waals surface area contributed by atoms with E-state index in [1.807, 2.05) is 0 Å². The molecule has 26 heavy (non-hydrogen) atoms. The number of carbonyl (C=O) groups is 3. The number of hydrogen-bond donors (Lipinski definition) is 4. The van der Waals surface area contributed by atoms with Gasteiger partial charge in [-0.05, 0) is 12.5 Å². The van der Waals surface area contributed by atoms with E-state index in [2.05, 4.69) is 15.5 Å². The Kier molecular flexibility index (Phi) is 6.34. The number of nitrogens with zero attached hydrogens (tertiary/aromatic N) is 2. The Balaban J connectivity index is 0.00000243. The Morgan fingerprint density at radius 2 is 2.23 bits per heavy atom. The van der Waals surface area contributed by atoms with E-state index >= 15 is 0 Å². The van der Waals surface area contributed by atoms with Crippen LogP contribution >= 0.6 is 23.1 Å². The molecule has 13 heteroatoms. The summed E-state index contributed by atoms with van der Waals surface area (Å²) < 4.78 is 0. The average Bonchev–Trinajstić information content (AvgIpc) is 2.98. The first-order valence-corrected chi connectivity index (χ1v) is 8.89. The molecule has 0 radical (unpaired) electrons. The molecule has 3 heterocycles. The molecule has 132 valence electrons. The summed E-state index contributed by atoms with van der Waals surface area (Å²) in [6.07, 6.45) is 0. The standard InChI is InChI=1S/C13H13N5O5S2.Na/c1-4-2-24-11-7(10(20)18(11)8(4)12(21)22)16-9(19)6(17-23)5-3-25-13(14)15-5;/h3,7,11,23H,2H2,1H3,(H2,14,15)(H,16,19)(H,21,22);/q;+1/p-1/t7?,11-;/m0./s1. The molecule has 2 atom stereocenters. The summed E-state index contributed by atoms with van der Waals surface area (Å²) in [5.41, 5.74) is 0.128. The number of aromatic nitrogens is 1. The molecular weight excluding hydrogens is 393 g/mol. The topological polar surface area (TPSA) is 162 Å². The number of thioether (sulfide) groups is 1. The maximum absolute atomic E-state index is 12.3. The van der Waals surface area contributed by atoms with Gasteiger partial charge in [-0.3, -0.25) is 19.9 Å². The van der Waals surface area contributed by atoms with Gasteiger partial charge in [0.05, 0.1) is 17.4 Å². The van der Waals surface area contributed by atoms with Crippen molar-refractivity contribution >= 4 is 46.6 Å². The summed E-state index contributed by atoms with van der Waals surface area (Å²) in [7, 11) is 0. The summed E-state index contributed by atoms with van der Waals surface area (Å²) in [6.45, 7) is 1.61. The molecule has 0 aliphatic carbocycles. The van der Waals surface area contributed by atoms with Crippen LogP contribution in [0.1, 0.15) is 12.6 Å². The van der Waals surface area contributed by atoms with E-state index in [-0.39, 0.29) is 51.5 Å². The summed E-state index contributed by atoms with van der Waals surface area (Å²) >= 11 is 2.33. The van der Waals surface area contributed by atoms with Gasteiger partial charge in [-0.25, -0.2) is 0 Å². The Labute approximate surface area is 177 Å². The number of β-lactam (4-membered cyclic amide) rings is 1. The molecule has 1 fully saturated rings. The number of amides is 2. The van der Waals surface area contributed by atoms with Crippen LogP contribution in [0.15, 0.2) is 21.8 Å². The fourth-order valence-electron chi connectivity index (χ4n) is 2.61. The second-order valence-corrected chi connectivity index (χ2v) is 7.31. The Hall–Kier alpha value is -1.60. The zero-order valence-electron chi connectivity index (χ0n) is 13.7. The largest absolute Gasteiger partial charge is 1.00 e. The second kappa shape index (κ2) is 7.96. The zero-order valence-corrected chi connectivity index (χ0v) is 17.4. The predicted octanol–water partition coefficient (Wildman–Crippen LogP) is -4.84. The van der Waals surface area contributed by atoms with Gasteiger partial charge in [0.25, 0.3) is 11.8 Å². The molecule has 3 rings (SSSR count). The molecule has 1 aromatic heterocycles. The minimum Gasteiger partial charge on any atom is -0.543 e. The Morgan fingerprint density at radius 3 is 2.77 bits per heavy atom. The fourth-order valence-corrected chi connectivity index (χ4v) is 4.48. The number of carboxylic acids is 1. The molecule has 10 nitrogen and oxygen atoms in total. The van der Waals surface area contributed by atoms with E-state index in [1.165, 1.54) is 17.1 Å². The van der Waals surface area contributed by atoms with Crippen molar-refractivity contribution < 1.29 is 54.3 Å². The zero-order chi connectivity index (χ0) is 18.3. The van der Waals surface area contributed by atoms with Crippen molar-refractivity contribution in [1.82, 2.24) is 15.2 Å². The van der Waals surface area contributed by atoms with Crippen molar-refractivity contribution in [3.8, 4) is 0 Å². The van der Waals surface area contributed by atoms with Gasteiger partial charge >= 0.3 is 29.6 Å². The number of thiazole rings is 1. The van der Waals surface area contributed by atoms with Gasteiger partial charge in [0, 0.05) is 11.1 Å². The number of hydrogen-bond acceptors (Lipinski definition) is 9. The number of fused-ring (bicyclic) bond motifs is 1. The number of H-pyrrole nitrogens is 1. The van der Waals surface area contributed by atoms with Crippen LogP contribution in [0.5, 0.6) is 0 Å². The van der Waals surface area contributed by atoms with E-state index in [0.29, 0.717) is 11.3 Å². The van der Waals surface area contributed by atoms with Crippen LogP contribution in [0, 0.1) is 5.41 Å². The van der Waals surface area contributed by atoms with Crippen LogP contribution in [0.25, 0.3) is 0 Å². The SMILES string of the molecule is CC1=C(C(=O)[O-])N2C(=O)C(NC(=O)C(=NO)c3csc(=N)[nH]3)[C@@H]2SC1.[Na+]. The van der Waals surface area contributed by atoms with E-state index in [1.54, 1.807) is 6.92 Å². The van der Waals surface area contributed by atoms with Crippen LogP contribution in [0.2, 0.25) is 0 Å². The quantitative estimate of drug-likeness (QED) is 0.129. The maximum atomic E-state index is 12.3. The molecule has 0 bridgehead atoms. The third kappa shape index (κ3) is 3.47. The molecule has 1 saturated heterocycles. The molecule has 4 N–H and O–H groups in total. The minimum atomic E-state index is -1.44. The molecule has 1 aromatic rings. The first-order valence-electron chi connectivity index (χ1n) is 6.96. The van der Waals surface area contributed by atoms with Gasteiger partial charge in [0.1, 0.15) is 11.4 Å². The summed E-state index contributed by atoms with van der Waals surface area (Å²) in [4.78, 5) is 39.5. The van der Waals surface area contributed by atoms with Crippen molar-refractivity contribution in [2.45, 2.75) is 18.3 Å². The minimum absolute atomic E-state index is 0. The number of nitrogens with one attached hydrogen (secondary N) is 3. The normalized spacial score (nSPS) is 22.3. The van der Waals surface area contributed by atoms with Crippen LogP contribution in [-0.2, 0) is 14.4 Å². The second-order valence-electron chi connectivity index (χ2n) is 5.33. The smallest absolute Gasteiger partial charge is 0.543 e. The fraction of sp³-hybridized carbons (Fsp3) is 0.308. The van der Waals surface area contributed by atoms with Crippen LogP contribution in [0.4, 0.5) is 0 Å². The molecule has 0 spiro atoms. The van der Waals surface area contributed by atoms with Crippen molar-refractivity contribution in [2.75, 3.05) is 5.75 Å². The third-order valence-corrected chi connectivity index (χ3v) is 5.87. The molecule has 1 unspecified atom stereocenters. The molecule has 2 amide bonds. The van der Waals surface area contributed by atoms with Gasteiger partial charge in [0.2, 0.25) is 0 Å². The van der Waals surface area contributed by atoms with Gasteiger partial charge in [-0.1, -0.05) is 5.16 Å². The number of carboxylic acid groups (broad SMARTS) is 1. The number of oxime groups is 1. The van der Waals surface area contributed by atoms with Crippen molar-refractivity contribution in [3.05, 3.63) is 27.1 Å². The number of aromatic amines is 1. The van der Waals surface area contributed by atoms with Crippen LogP contribution in [0.3, 0.4) is 0 Å². The summed E-state index contributed by atoms with van der Waals surface area (Å²) in [5, 5.41) is 33.9. The first kappa shape index (κ1) is 20.7. The van der Waals surface area contributed by atoms with Crippen molar-refractivity contribution in [1.29, 1.82) is 5.41 Å². The number of carbonyl (C=O) groups excluding carboxylic acids is 3. The van der Waals surface area contributed by atoms with E-state index in [4.69, 9.17) is 10.6 Å². The van der Waals surface area contributed by atoms with Crippen molar-refractivity contribution in [2.24, 2.45) is 5.16 Å². The van der Waals surface area contributed by atoms with Gasteiger partial charge in [0.15, 0.2) is 10.5 Å². The first-order chi connectivity index (χ1) is 11.8. The predicted molar refractivity (Wildman–Crippen MR) is 85.6 cm³/mol. The van der Waals surface area contributed by atoms with E-state index < -0.39 is 29.2 Å². The Morgan fingerprint density at radius 1 is 1.54 bits per heavy atom. The third-order valence-electron chi connectivity index (χ3n) is 3.75. The Bertz CT molecular complexity index is 891. The maximum Gasteiger partial charge on any atom is 1.00 e. The summed E-state index contributed by atoms with van der Waals surface area (Å²) in [6, 6.07) is -0.939. The van der Waals surface area contributed by atoms with Crippen LogP contribution < -0.4 is 44.8 Å². The van der Waals surface area contributed by atoms with Gasteiger partial charge in [-0.15, -0.1) is 23.1 Å². The molecular formula is C13H12N5NaO5S2. The molecule has 0 aromatic carbocycles. The number of rotatable bonds is 4. The van der Waals surface area contributed by atoms with Gasteiger partial charge in [-0.2, -0.15) is 0 Å². The molecule has 0 saturated carbocycles. The molecule has 2 aliphatic heterocycles. The summed E-state index contributed by atoms with van der Waals surface area (Å²) in [5.74, 6) is -2.42. The average molecular weight is 405 g/mol. The van der Waals surface area contributed by atoms with Crippen LogP contribution in [-0.4, -0.2) is 55.8 Å². The van der Waals surface area contributed by atoms with E-state index in [0.717, 1.165) is 16.2 Å². The monoisotopic (exact) mass is 405 g/mol. The van der Waals surface area contributed by atoms with E-state index in [9.17, 15) is 19.5 Å². The van der Waals surface area contributed by atoms with Gasteiger partial charge < -0.3 is 25.4 Å². The number of aliphatic carboxylic acids is 1. The molecule has 2 aliphatic rings.